The zero-order chi connectivity index (χ0) is 27.5. The molecule has 37 heavy (non-hydrogen) atoms. The van der Waals surface area contributed by atoms with Crippen LogP contribution in [0.4, 0.5) is 0 Å². The Hall–Kier alpha value is -2.30. The highest BCUT2D eigenvalue weighted by Crippen LogP contribution is 2.29. The summed E-state index contributed by atoms with van der Waals surface area (Å²) in [5.74, 6) is 2.92. The molecule has 0 saturated heterocycles. The van der Waals surface area contributed by atoms with E-state index in [1.54, 1.807) is 24.9 Å². The number of allylic oxidation sites excluding steroid dienone is 5. The van der Waals surface area contributed by atoms with E-state index >= 15 is 0 Å². The molecule has 2 N–H and O–H groups in total. The molecule has 0 aromatic carbocycles. The molecule has 0 aromatic rings. The topological polar surface area (TPSA) is 89.0 Å². The summed E-state index contributed by atoms with van der Waals surface area (Å²) in [5.41, 5.74) is 2.04. The highest BCUT2D eigenvalue weighted by Gasteiger charge is 2.29. The molecule has 7 nitrogen and oxygen atoms in total. The van der Waals surface area contributed by atoms with E-state index in [1.807, 2.05) is 20.8 Å². The van der Waals surface area contributed by atoms with Crippen molar-refractivity contribution in [2.75, 3.05) is 18.6 Å². The molecule has 0 aliphatic carbocycles. The number of hydrogen-bond acceptors (Lipinski definition) is 8. The van der Waals surface area contributed by atoms with Gasteiger partial charge in [0.25, 0.3) is 11.8 Å². The van der Waals surface area contributed by atoms with Gasteiger partial charge >= 0.3 is 0 Å². The van der Waals surface area contributed by atoms with Crippen LogP contribution in [0.2, 0.25) is 0 Å². The quantitative estimate of drug-likeness (QED) is 0.161. The fourth-order valence-electron chi connectivity index (χ4n) is 3.41. The van der Waals surface area contributed by atoms with E-state index in [2.05, 4.69) is 41.9 Å². The standard InChI is InChI=1S/C27H37N3O4S3/c1-9-22-15-24(34-20(22)6)25(31)29-21(7)36-17(3)10-12-35-13-11-18(4)37-27(28-8)30-26(32)23-14-16(2)19(5)33-23/h9,23-24H,1,3-4,7,10-15H2,2,5-6,8H3,(H,29,31)(H,28,30,32). The second kappa shape index (κ2) is 15.2. The Labute approximate surface area is 233 Å². The van der Waals surface area contributed by atoms with E-state index in [-0.39, 0.29) is 11.8 Å². The SMILES string of the molecule is C=CC1=C(C)OC(C(=O)NC(=C)SC(=C)CCSCCC(=C)SC(=NC)NC(=O)C2CC(C)=C(C)O2)C1. The van der Waals surface area contributed by atoms with Crippen LogP contribution in [0.5, 0.6) is 0 Å². The Morgan fingerprint density at radius 3 is 2.05 bits per heavy atom. The lowest BCUT2D eigenvalue weighted by Gasteiger charge is -2.14. The molecule has 202 valence electrons. The second-order valence-electron chi connectivity index (χ2n) is 8.57. The van der Waals surface area contributed by atoms with E-state index in [0.29, 0.717) is 23.0 Å². The molecule has 0 bridgehead atoms. The minimum atomic E-state index is -0.548. The van der Waals surface area contributed by atoms with Crippen LogP contribution in [0.25, 0.3) is 0 Å². The van der Waals surface area contributed by atoms with Gasteiger partial charge in [0.15, 0.2) is 17.4 Å². The second-order valence-corrected chi connectivity index (χ2v) is 12.2. The molecule has 2 aliphatic heterocycles. The number of nitrogens with one attached hydrogen (secondary N) is 2. The first kappa shape index (κ1) is 30.9. The highest BCUT2D eigenvalue weighted by atomic mass is 32.2. The Bertz CT molecular complexity index is 1030. The van der Waals surface area contributed by atoms with Crippen molar-refractivity contribution in [3.8, 4) is 0 Å². The number of carbonyl (C=O) groups is 2. The van der Waals surface area contributed by atoms with Gasteiger partial charge in [0.1, 0.15) is 0 Å². The third-order valence-electron chi connectivity index (χ3n) is 5.67. The fourth-order valence-corrected chi connectivity index (χ4v) is 6.08. The van der Waals surface area contributed by atoms with E-state index in [1.165, 1.54) is 23.5 Å². The lowest BCUT2D eigenvalue weighted by Crippen LogP contribution is -2.37. The summed E-state index contributed by atoms with van der Waals surface area (Å²) >= 11 is 4.54. The van der Waals surface area contributed by atoms with Crippen LogP contribution in [-0.2, 0) is 19.1 Å². The molecule has 2 aliphatic rings. The molecule has 0 fully saturated rings. The van der Waals surface area contributed by atoms with Crippen molar-refractivity contribution in [3.05, 3.63) is 69.9 Å². The summed E-state index contributed by atoms with van der Waals surface area (Å²) in [7, 11) is 1.64. The normalized spacial score (nSPS) is 19.3. The van der Waals surface area contributed by atoms with Crippen molar-refractivity contribution in [2.45, 2.75) is 58.7 Å². The number of ether oxygens (including phenoxy) is 2. The van der Waals surface area contributed by atoms with Crippen LogP contribution in [0, 0.1) is 0 Å². The van der Waals surface area contributed by atoms with Crippen molar-refractivity contribution in [1.29, 1.82) is 0 Å². The molecule has 0 spiro atoms. The van der Waals surface area contributed by atoms with Gasteiger partial charge in [-0.2, -0.15) is 11.8 Å². The summed E-state index contributed by atoms with van der Waals surface area (Å²) in [6.07, 6.45) is 3.37. The summed E-state index contributed by atoms with van der Waals surface area (Å²) in [6.45, 7) is 21.5. The molecule has 2 amide bonds. The van der Waals surface area contributed by atoms with Gasteiger partial charge in [0.05, 0.1) is 16.5 Å². The summed E-state index contributed by atoms with van der Waals surface area (Å²) in [4.78, 5) is 30.9. The molecule has 2 unspecified atom stereocenters. The van der Waals surface area contributed by atoms with Crippen molar-refractivity contribution >= 4 is 52.3 Å². The molecule has 2 rings (SSSR count). The van der Waals surface area contributed by atoms with Crippen LogP contribution >= 0.6 is 35.3 Å². The molecule has 0 radical (unpaired) electrons. The first-order valence-corrected chi connectivity index (χ1v) is 14.7. The van der Waals surface area contributed by atoms with Crippen molar-refractivity contribution in [1.82, 2.24) is 10.6 Å². The number of thioether (sulfide) groups is 3. The van der Waals surface area contributed by atoms with Crippen LogP contribution in [0.15, 0.2) is 74.9 Å². The first-order valence-electron chi connectivity index (χ1n) is 11.9. The molecule has 0 saturated carbocycles. The van der Waals surface area contributed by atoms with Gasteiger partial charge in [-0.05, 0) is 66.1 Å². The molecule has 0 aromatic heterocycles. The zero-order valence-corrected chi connectivity index (χ0v) is 24.6. The number of hydrogen-bond donors (Lipinski definition) is 2. The lowest BCUT2D eigenvalue weighted by atomic mass is 10.1. The Morgan fingerprint density at radius 1 is 0.946 bits per heavy atom. The van der Waals surface area contributed by atoms with E-state index in [4.69, 9.17) is 9.47 Å². The average molecular weight is 564 g/mol. The minimum Gasteiger partial charge on any atom is -0.485 e. The third-order valence-corrected chi connectivity index (χ3v) is 8.47. The van der Waals surface area contributed by atoms with Crippen molar-refractivity contribution in [2.24, 2.45) is 4.99 Å². The van der Waals surface area contributed by atoms with Gasteiger partial charge < -0.3 is 20.1 Å². The highest BCUT2D eigenvalue weighted by molar-refractivity contribution is 8.17. The largest absolute Gasteiger partial charge is 0.485 e. The molecule has 2 heterocycles. The summed E-state index contributed by atoms with van der Waals surface area (Å²) in [5, 5.41) is 6.70. The maximum Gasteiger partial charge on any atom is 0.267 e. The molecule has 10 heteroatoms. The van der Waals surface area contributed by atoms with E-state index in [0.717, 1.165) is 56.8 Å². The Kier molecular flexibility index (Phi) is 12.7. The van der Waals surface area contributed by atoms with Crippen LogP contribution in [-0.4, -0.2) is 47.7 Å². The number of amidine groups is 1. The predicted molar refractivity (Wildman–Crippen MR) is 159 cm³/mol. The average Bonchev–Trinajstić information content (AvgIpc) is 3.39. The molecular weight excluding hydrogens is 527 g/mol. The number of aliphatic imine (C=N–C) groups is 1. The van der Waals surface area contributed by atoms with Crippen LogP contribution < -0.4 is 10.6 Å². The number of rotatable bonds is 13. The van der Waals surface area contributed by atoms with E-state index < -0.39 is 12.2 Å². The lowest BCUT2D eigenvalue weighted by molar-refractivity contribution is -0.128. The number of nitrogens with zero attached hydrogens (tertiary/aromatic N) is 1. The molecule has 2 atom stereocenters. The fraction of sp³-hybridized carbons (Fsp3) is 0.444. The van der Waals surface area contributed by atoms with Crippen LogP contribution in [0.3, 0.4) is 0 Å². The minimum absolute atomic E-state index is 0.190. The van der Waals surface area contributed by atoms with Gasteiger partial charge in [-0.3, -0.25) is 14.6 Å². The van der Waals surface area contributed by atoms with Gasteiger partial charge in [-0.1, -0.05) is 55.9 Å². The zero-order valence-electron chi connectivity index (χ0n) is 22.1. The van der Waals surface area contributed by atoms with E-state index in [9.17, 15) is 9.59 Å². The van der Waals surface area contributed by atoms with Gasteiger partial charge in [-0.25, -0.2) is 0 Å². The van der Waals surface area contributed by atoms with Crippen molar-refractivity contribution in [3.63, 3.8) is 0 Å². The van der Waals surface area contributed by atoms with Gasteiger partial charge in [0, 0.05) is 19.9 Å². The number of amides is 2. The summed E-state index contributed by atoms with van der Waals surface area (Å²) in [6, 6.07) is 0. The van der Waals surface area contributed by atoms with Crippen LogP contribution in [0.1, 0.15) is 46.5 Å². The Morgan fingerprint density at radius 2 is 1.51 bits per heavy atom. The Balaban J connectivity index is 1.58. The van der Waals surface area contributed by atoms with Crippen molar-refractivity contribution < 1.29 is 19.1 Å². The number of carbonyl (C=O) groups excluding carboxylic acids is 2. The van der Waals surface area contributed by atoms with Gasteiger partial charge in [0.2, 0.25) is 0 Å². The first-order chi connectivity index (χ1) is 17.5. The summed E-state index contributed by atoms with van der Waals surface area (Å²) < 4.78 is 11.2. The monoisotopic (exact) mass is 563 g/mol. The maximum absolute atomic E-state index is 12.4. The smallest absolute Gasteiger partial charge is 0.267 e. The van der Waals surface area contributed by atoms with Gasteiger partial charge in [-0.15, -0.1) is 0 Å². The molecular formula is C27H37N3O4S3. The predicted octanol–water partition coefficient (Wildman–Crippen LogP) is 6.01. The maximum atomic E-state index is 12.4. The third kappa shape index (κ3) is 10.2.